The molecule has 5 heterocycles. The highest BCUT2D eigenvalue weighted by Gasteiger charge is 2.48. The van der Waals surface area contributed by atoms with Gasteiger partial charge in [-0.15, -0.1) is 0 Å². The van der Waals surface area contributed by atoms with Gasteiger partial charge in [-0.3, -0.25) is 0 Å². The highest BCUT2D eigenvalue weighted by atomic mass is 19.1. The summed E-state index contributed by atoms with van der Waals surface area (Å²) in [6.45, 7) is 1.80. The lowest BCUT2D eigenvalue weighted by Crippen LogP contribution is -2.38. The Morgan fingerprint density at radius 3 is 2.27 bits per heavy atom. The van der Waals surface area contributed by atoms with Crippen molar-refractivity contribution >= 4 is 11.0 Å². The number of benzene rings is 2. The van der Waals surface area contributed by atoms with Gasteiger partial charge >= 0.3 is 0 Å². The number of hydrogen-bond donors (Lipinski definition) is 2. The van der Waals surface area contributed by atoms with Crippen molar-refractivity contribution in [2.45, 2.75) is 30.5 Å². The van der Waals surface area contributed by atoms with Gasteiger partial charge in [0.2, 0.25) is 0 Å². The first-order valence-electron chi connectivity index (χ1n) is 12.3. The van der Waals surface area contributed by atoms with Crippen LogP contribution in [0.1, 0.15) is 0 Å². The van der Waals surface area contributed by atoms with E-state index < -0.39 is 11.9 Å². The lowest BCUT2D eigenvalue weighted by molar-refractivity contribution is -0.0796. The van der Waals surface area contributed by atoms with Crippen LogP contribution in [0.4, 0.5) is 4.39 Å². The Labute approximate surface area is 211 Å². The van der Waals surface area contributed by atoms with E-state index in [-0.39, 0.29) is 36.7 Å². The summed E-state index contributed by atoms with van der Waals surface area (Å²) in [5, 5.41) is 9.92. The number of pyridine rings is 1. The molecule has 190 valence electrons. The smallest absolute Gasteiger partial charge is 0.193 e. The summed E-state index contributed by atoms with van der Waals surface area (Å²) < 4.78 is 43.2. The molecule has 3 aliphatic rings. The fraction of sp³-hybridized carbons (Fsp3) is 0.321. The Bertz CT molecular complexity index is 1420. The number of halogens is 1. The van der Waals surface area contributed by atoms with E-state index in [0.717, 1.165) is 16.9 Å². The van der Waals surface area contributed by atoms with Gasteiger partial charge in [-0.25, -0.2) is 9.37 Å². The van der Waals surface area contributed by atoms with Gasteiger partial charge in [0.05, 0.1) is 37.5 Å². The van der Waals surface area contributed by atoms with Gasteiger partial charge in [-0.05, 0) is 23.3 Å². The van der Waals surface area contributed by atoms with Crippen LogP contribution in [0.3, 0.4) is 0 Å². The molecule has 37 heavy (non-hydrogen) atoms. The number of fused-ring (bicyclic) bond motifs is 2. The zero-order valence-electron chi connectivity index (χ0n) is 19.8. The van der Waals surface area contributed by atoms with Gasteiger partial charge in [0.1, 0.15) is 35.9 Å². The molecule has 3 saturated heterocycles. The fourth-order valence-electron chi connectivity index (χ4n) is 5.00. The number of rotatable bonds is 6. The van der Waals surface area contributed by atoms with E-state index in [1.165, 1.54) is 6.07 Å². The van der Waals surface area contributed by atoms with Gasteiger partial charge in [-0.2, -0.15) is 0 Å². The van der Waals surface area contributed by atoms with Crippen molar-refractivity contribution in [3.05, 3.63) is 66.5 Å². The Morgan fingerprint density at radius 1 is 0.838 bits per heavy atom. The van der Waals surface area contributed by atoms with Crippen LogP contribution >= 0.6 is 0 Å². The summed E-state index contributed by atoms with van der Waals surface area (Å²) >= 11 is 0. The fourth-order valence-corrected chi connectivity index (χ4v) is 5.00. The lowest BCUT2D eigenvalue weighted by atomic mass is 10.0. The molecular formula is C28H25FN2O6. The van der Waals surface area contributed by atoms with Crippen molar-refractivity contribution in [2.75, 3.05) is 26.4 Å². The van der Waals surface area contributed by atoms with Crippen LogP contribution in [0.25, 0.3) is 33.4 Å². The quantitative estimate of drug-likeness (QED) is 0.413. The molecule has 2 unspecified atom stereocenters. The minimum absolute atomic E-state index is 0.131. The Kier molecular flexibility index (Phi) is 5.58. The zero-order valence-corrected chi connectivity index (χ0v) is 19.8. The zero-order chi connectivity index (χ0) is 24.9. The second kappa shape index (κ2) is 9.11. The molecule has 2 N–H and O–H groups in total. The molecule has 0 radical (unpaired) electrons. The third-order valence-corrected chi connectivity index (χ3v) is 7.05. The molecule has 2 aromatic heterocycles. The summed E-state index contributed by atoms with van der Waals surface area (Å²) in [7, 11) is 0. The second-order valence-electron chi connectivity index (χ2n) is 9.58. The first-order chi connectivity index (χ1) is 18.1. The predicted octanol–water partition coefficient (Wildman–Crippen LogP) is 3.72. The standard InChI is InChI=1S/C28H25FN2O6/c29-20-9-21-22(10-25(30-21)37-24-14-35-27-23(32)13-34-28(24)27)31-26(20)17-3-1-15(2-4-17)16-5-7-18(8-6-16)36-19-11-33-12-19/h1-10,19,23-24,27-28,30,32H,11-14H2/t23-,24-,27?,28?/m1/s1. The second-order valence-corrected chi connectivity index (χ2v) is 9.58. The van der Waals surface area contributed by atoms with Crippen molar-refractivity contribution in [2.24, 2.45) is 0 Å². The normalized spacial score (nSPS) is 25.2. The lowest BCUT2D eigenvalue weighted by Gasteiger charge is -2.26. The van der Waals surface area contributed by atoms with Crippen LogP contribution < -0.4 is 9.47 Å². The summed E-state index contributed by atoms with van der Waals surface area (Å²) in [5.41, 5.74) is 4.12. The van der Waals surface area contributed by atoms with Crippen molar-refractivity contribution in [1.29, 1.82) is 0 Å². The molecule has 0 amide bonds. The number of aromatic nitrogens is 2. The van der Waals surface area contributed by atoms with Crippen molar-refractivity contribution in [1.82, 2.24) is 9.97 Å². The van der Waals surface area contributed by atoms with Crippen molar-refractivity contribution in [3.63, 3.8) is 0 Å². The largest absolute Gasteiger partial charge is 0.486 e. The van der Waals surface area contributed by atoms with Crippen molar-refractivity contribution in [3.8, 4) is 34.0 Å². The summed E-state index contributed by atoms with van der Waals surface area (Å²) in [4.78, 5) is 7.63. The van der Waals surface area contributed by atoms with E-state index in [2.05, 4.69) is 9.97 Å². The summed E-state index contributed by atoms with van der Waals surface area (Å²) in [5.74, 6) is 0.837. The Balaban J connectivity index is 1.08. The van der Waals surface area contributed by atoms with E-state index in [9.17, 15) is 5.11 Å². The number of H-pyrrole nitrogens is 1. The van der Waals surface area contributed by atoms with E-state index in [1.54, 1.807) is 6.07 Å². The molecule has 4 aromatic rings. The van der Waals surface area contributed by atoms with Crippen LogP contribution in [0.5, 0.6) is 11.6 Å². The maximum Gasteiger partial charge on any atom is 0.193 e. The first kappa shape index (κ1) is 22.7. The molecule has 0 saturated carbocycles. The van der Waals surface area contributed by atoms with Crippen LogP contribution in [0.2, 0.25) is 0 Å². The van der Waals surface area contributed by atoms with Crippen LogP contribution in [-0.4, -0.2) is 72.0 Å². The highest BCUT2D eigenvalue weighted by molar-refractivity contribution is 5.81. The Hall–Kier alpha value is -3.50. The van der Waals surface area contributed by atoms with Gasteiger partial charge in [0.15, 0.2) is 17.8 Å². The molecule has 7 rings (SSSR count). The van der Waals surface area contributed by atoms with Crippen LogP contribution in [0.15, 0.2) is 60.7 Å². The maximum absolute atomic E-state index is 15.0. The van der Waals surface area contributed by atoms with E-state index in [1.807, 2.05) is 48.5 Å². The van der Waals surface area contributed by atoms with Crippen LogP contribution in [0, 0.1) is 5.82 Å². The van der Waals surface area contributed by atoms with Gasteiger partial charge in [0, 0.05) is 17.7 Å². The number of hydrogen-bond acceptors (Lipinski definition) is 7. The van der Waals surface area contributed by atoms with Crippen molar-refractivity contribution < 1.29 is 33.2 Å². The molecule has 9 heteroatoms. The topological polar surface area (TPSA) is 95.1 Å². The molecular weight excluding hydrogens is 479 g/mol. The number of aliphatic hydroxyl groups is 1. The maximum atomic E-state index is 15.0. The molecule has 0 bridgehead atoms. The van der Waals surface area contributed by atoms with Gasteiger partial charge in [0.25, 0.3) is 0 Å². The number of nitrogens with zero attached hydrogens (tertiary/aromatic N) is 1. The molecule has 0 spiro atoms. The third-order valence-electron chi connectivity index (χ3n) is 7.05. The average Bonchev–Trinajstić information content (AvgIpc) is 3.58. The summed E-state index contributed by atoms with van der Waals surface area (Å²) in [6.07, 6.45) is -1.59. The third kappa shape index (κ3) is 4.23. The van der Waals surface area contributed by atoms with E-state index >= 15 is 4.39 Å². The van der Waals surface area contributed by atoms with Gasteiger partial charge < -0.3 is 33.8 Å². The number of ether oxygens (including phenoxy) is 5. The SMILES string of the molecule is O[C@@H]1COC2C1OC[C@H]2Oc1cc2nc(-c3ccc(-c4ccc(OC5COC5)cc4)cc3)c(F)cc2[nH]1. The molecule has 4 atom stereocenters. The number of aliphatic hydroxyl groups excluding tert-OH is 1. The van der Waals surface area contributed by atoms with E-state index in [4.69, 9.17) is 23.7 Å². The predicted molar refractivity (Wildman–Crippen MR) is 132 cm³/mol. The first-order valence-corrected chi connectivity index (χ1v) is 12.3. The minimum atomic E-state index is -0.646. The summed E-state index contributed by atoms with van der Waals surface area (Å²) in [6, 6.07) is 18.7. The molecule has 2 aromatic carbocycles. The molecule has 8 nitrogen and oxygen atoms in total. The molecule has 3 fully saturated rings. The minimum Gasteiger partial charge on any atom is -0.486 e. The van der Waals surface area contributed by atoms with Gasteiger partial charge in [-0.1, -0.05) is 36.4 Å². The highest BCUT2D eigenvalue weighted by Crippen LogP contribution is 2.32. The molecule has 3 aliphatic heterocycles. The Morgan fingerprint density at radius 2 is 1.54 bits per heavy atom. The molecule has 0 aliphatic carbocycles. The average molecular weight is 505 g/mol. The van der Waals surface area contributed by atoms with Crippen LogP contribution in [-0.2, 0) is 14.2 Å². The monoisotopic (exact) mass is 504 g/mol. The van der Waals surface area contributed by atoms with E-state index in [0.29, 0.717) is 42.3 Å². The number of aromatic amines is 1. The number of nitrogens with one attached hydrogen (secondary N) is 1.